The van der Waals surface area contributed by atoms with Crippen LogP contribution in [-0.2, 0) is 4.74 Å². The van der Waals surface area contributed by atoms with Gasteiger partial charge < -0.3 is 4.74 Å². The number of carbonyl (C=O) groups is 1. The van der Waals surface area contributed by atoms with Crippen LogP contribution in [0.1, 0.15) is 6.92 Å². The van der Waals surface area contributed by atoms with Crippen LogP contribution in [0.4, 0.5) is 16.2 Å². The number of anilines is 1. The summed E-state index contributed by atoms with van der Waals surface area (Å²) in [6.07, 6.45) is -0.532. The SMILES string of the molecule is CCOC(=O)Nc1ccccc1-c1nc(-c2cccc([N+](=O)[O-])c2)cs1. The van der Waals surface area contributed by atoms with E-state index in [0.29, 0.717) is 22.0 Å². The van der Waals surface area contributed by atoms with Gasteiger partial charge in [-0.15, -0.1) is 11.3 Å². The van der Waals surface area contributed by atoms with E-state index in [1.807, 2.05) is 17.5 Å². The molecule has 0 aliphatic carbocycles. The second-order valence-electron chi connectivity index (χ2n) is 5.24. The highest BCUT2D eigenvalue weighted by Gasteiger charge is 2.14. The number of nitrogens with one attached hydrogen (secondary N) is 1. The molecule has 0 aliphatic heterocycles. The van der Waals surface area contributed by atoms with Crippen LogP contribution in [0.15, 0.2) is 53.9 Å². The molecule has 26 heavy (non-hydrogen) atoms. The van der Waals surface area contributed by atoms with E-state index in [1.165, 1.54) is 23.5 Å². The summed E-state index contributed by atoms with van der Waals surface area (Å²) in [5.74, 6) is 0. The molecule has 1 aromatic heterocycles. The third-order valence-corrected chi connectivity index (χ3v) is 4.40. The number of rotatable bonds is 5. The van der Waals surface area contributed by atoms with Crippen LogP contribution >= 0.6 is 11.3 Å². The highest BCUT2D eigenvalue weighted by atomic mass is 32.1. The van der Waals surface area contributed by atoms with Crippen molar-refractivity contribution >= 4 is 28.8 Å². The Labute approximate surface area is 153 Å². The van der Waals surface area contributed by atoms with Crippen LogP contribution in [0, 0.1) is 10.1 Å². The normalized spacial score (nSPS) is 10.3. The summed E-state index contributed by atoms with van der Waals surface area (Å²) in [7, 11) is 0. The topological polar surface area (TPSA) is 94.4 Å². The molecule has 3 aromatic rings. The first-order chi connectivity index (χ1) is 12.6. The van der Waals surface area contributed by atoms with E-state index in [0.717, 1.165) is 5.56 Å². The molecule has 2 aromatic carbocycles. The smallest absolute Gasteiger partial charge is 0.411 e. The van der Waals surface area contributed by atoms with Gasteiger partial charge in [-0.25, -0.2) is 9.78 Å². The number of non-ortho nitro benzene ring substituents is 1. The van der Waals surface area contributed by atoms with E-state index in [1.54, 1.807) is 31.2 Å². The van der Waals surface area contributed by atoms with Crippen molar-refractivity contribution < 1.29 is 14.5 Å². The third kappa shape index (κ3) is 3.86. The zero-order valence-corrected chi connectivity index (χ0v) is 14.7. The lowest BCUT2D eigenvalue weighted by molar-refractivity contribution is -0.384. The van der Waals surface area contributed by atoms with Crippen molar-refractivity contribution in [3.05, 3.63) is 64.0 Å². The molecular weight excluding hydrogens is 354 g/mol. The lowest BCUT2D eigenvalue weighted by Crippen LogP contribution is -2.13. The lowest BCUT2D eigenvalue weighted by atomic mass is 10.1. The Hall–Kier alpha value is -3.26. The first-order valence-electron chi connectivity index (χ1n) is 7.82. The number of para-hydroxylation sites is 1. The lowest BCUT2D eigenvalue weighted by Gasteiger charge is -2.08. The average molecular weight is 369 g/mol. The number of amides is 1. The minimum absolute atomic E-state index is 0.0152. The molecule has 1 N–H and O–H groups in total. The molecule has 0 atom stereocenters. The van der Waals surface area contributed by atoms with Gasteiger partial charge in [0.15, 0.2) is 0 Å². The number of carbonyl (C=O) groups excluding carboxylic acids is 1. The number of hydrogen-bond acceptors (Lipinski definition) is 6. The average Bonchev–Trinajstić information content (AvgIpc) is 3.12. The van der Waals surface area contributed by atoms with Gasteiger partial charge in [0, 0.05) is 28.6 Å². The number of nitro benzene ring substituents is 1. The maximum Gasteiger partial charge on any atom is 0.411 e. The van der Waals surface area contributed by atoms with Crippen LogP contribution in [0.2, 0.25) is 0 Å². The molecule has 0 unspecified atom stereocenters. The van der Waals surface area contributed by atoms with Gasteiger partial charge in [-0.3, -0.25) is 15.4 Å². The maximum absolute atomic E-state index is 11.7. The number of aromatic nitrogens is 1. The van der Waals surface area contributed by atoms with E-state index < -0.39 is 11.0 Å². The predicted octanol–water partition coefficient (Wildman–Crippen LogP) is 4.95. The van der Waals surface area contributed by atoms with Gasteiger partial charge in [0.1, 0.15) is 5.01 Å². The van der Waals surface area contributed by atoms with E-state index >= 15 is 0 Å². The van der Waals surface area contributed by atoms with Gasteiger partial charge in [-0.1, -0.05) is 24.3 Å². The third-order valence-electron chi connectivity index (χ3n) is 3.53. The summed E-state index contributed by atoms with van der Waals surface area (Å²) in [6, 6.07) is 13.6. The largest absolute Gasteiger partial charge is 0.450 e. The molecule has 0 saturated carbocycles. The number of thiazole rings is 1. The summed E-state index contributed by atoms with van der Waals surface area (Å²) in [4.78, 5) is 26.8. The van der Waals surface area contributed by atoms with Gasteiger partial charge in [0.05, 0.1) is 22.9 Å². The van der Waals surface area contributed by atoms with Crippen LogP contribution in [-0.4, -0.2) is 22.6 Å². The molecule has 0 saturated heterocycles. The van der Waals surface area contributed by atoms with Crippen molar-refractivity contribution in [2.24, 2.45) is 0 Å². The van der Waals surface area contributed by atoms with E-state index in [-0.39, 0.29) is 12.3 Å². The molecule has 7 nitrogen and oxygen atoms in total. The number of ether oxygens (including phenoxy) is 1. The Morgan fingerprint density at radius 2 is 2.08 bits per heavy atom. The Balaban J connectivity index is 1.92. The summed E-state index contributed by atoms with van der Waals surface area (Å²) >= 11 is 1.39. The first kappa shape index (κ1) is 17.6. The summed E-state index contributed by atoms with van der Waals surface area (Å²) in [5, 5.41) is 16.2. The van der Waals surface area contributed by atoms with Crippen molar-refractivity contribution in [3.63, 3.8) is 0 Å². The second-order valence-corrected chi connectivity index (χ2v) is 6.09. The number of nitro groups is 1. The molecule has 8 heteroatoms. The van der Waals surface area contributed by atoms with Crippen molar-refractivity contribution in [1.29, 1.82) is 0 Å². The van der Waals surface area contributed by atoms with Gasteiger partial charge in [0.25, 0.3) is 5.69 Å². The van der Waals surface area contributed by atoms with Crippen LogP contribution in [0.5, 0.6) is 0 Å². The highest BCUT2D eigenvalue weighted by Crippen LogP contribution is 2.34. The molecule has 0 spiro atoms. The first-order valence-corrected chi connectivity index (χ1v) is 8.70. The number of nitrogens with zero attached hydrogens (tertiary/aromatic N) is 2. The number of hydrogen-bond donors (Lipinski definition) is 1. The molecule has 1 amide bonds. The van der Waals surface area contributed by atoms with Crippen molar-refractivity contribution in [3.8, 4) is 21.8 Å². The standard InChI is InChI=1S/C18H15N3O4S/c1-2-25-18(22)20-15-9-4-3-8-14(15)17-19-16(11-26-17)12-6-5-7-13(10-12)21(23)24/h3-11H,2H2,1H3,(H,20,22). The predicted molar refractivity (Wildman–Crippen MR) is 100 cm³/mol. The minimum Gasteiger partial charge on any atom is -0.450 e. The molecule has 132 valence electrons. The zero-order valence-electron chi connectivity index (χ0n) is 13.8. The molecule has 0 fully saturated rings. The zero-order chi connectivity index (χ0) is 18.5. The van der Waals surface area contributed by atoms with Gasteiger partial charge >= 0.3 is 6.09 Å². The molecule has 0 bridgehead atoms. The van der Waals surface area contributed by atoms with Crippen LogP contribution in [0.3, 0.4) is 0 Å². The highest BCUT2D eigenvalue weighted by molar-refractivity contribution is 7.13. The molecule has 3 rings (SSSR count). The molecule has 0 radical (unpaired) electrons. The Morgan fingerprint density at radius 3 is 2.85 bits per heavy atom. The van der Waals surface area contributed by atoms with E-state index in [2.05, 4.69) is 10.3 Å². The molecule has 1 heterocycles. The van der Waals surface area contributed by atoms with Crippen molar-refractivity contribution in [2.45, 2.75) is 6.92 Å². The summed E-state index contributed by atoms with van der Waals surface area (Å²) < 4.78 is 4.92. The Kier molecular flexibility index (Phi) is 5.23. The maximum atomic E-state index is 11.7. The quantitative estimate of drug-likeness (QED) is 0.507. The fourth-order valence-corrected chi connectivity index (χ4v) is 3.23. The van der Waals surface area contributed by atoms with Gasteiger partial charge in [0.2, 0.25) is 0 Å². The fraction of sp³-hybridized carbons (Fsp3) is 0.111. The molecular formula is C18H15N3O4S. The van der Waals surface area contributed by atoms with Gasteiger partial charge in [-0.2, -0.15) is 0 Å². The fourth-order valence-electron chi connectivity index (χ4n) is 2.36. The van der Waals surface area contributed by atoms with E-state index in [9.17, 15) is 14.9 Å². The van der Waals surface area contributed by atoms with Crippen molar-refractivity contribution in [1.82, 2.24) is 4.98 Å². The Bertz CT molecular complexity index is 955. The van der Waals surface area contributed by atoms with Crippen molar-refractivity contribution in [2.75, 3.05) is 11.9 Å². The van der Waals surface area contributed by atoms with Gasteiger partial charge in [-0.05, 0) is 19.1 Å². The van der Waals surface area contributed by atoms with Crippen LogP contribution in [0.25, 0.3) is 21.8 Å². The Morgan fingerprint density at radius 1 is 1.27 bits per heavy atom. The number of benzene rings is 2. The summed E-state index contributed by atoms with van der Waals surface area (Å²) in [6.45, 7) is 2.01. The summed E-state index contributed by atoms with van der Waals surface area (Å²) in [5.41, 5.74) is 2.66. The molecule has 0 aliphatic rings. The van der Waals surface area contributed by atoms with Crippen LogP contribution < -0.4 is 5.32 Å². The monoisotopic (exact) mass is 369 g/mol. The van der Waals surface area contributed by atoms with E-state index in [4.69, 9.17) is 4.74 Å². The second kappa shape index (κ2) is 7.75. The minimum atomic E-state index is -0.532.